The second-order valence-electron chi connectivity index (χ2n) is 7.05. The fraction of sp³-hybridized carbons (Fsp3) is 0.350. The second kappa shape index (κ2) is 8.06. The van der Waals surface area contributed by atoms with Gasteiger partial charge in [0.2, 0.25) is 15.9 Å². The fourth-order valence-electron chi connectivity index (χ4n) is 3.23. The monoisotopic (exact) mass is 428 g/mol. The predicted molar refractivity (Wildman–Crippen MR) is 108 cm³/mol. The van der Waals surface area contributed by atoms with Gasteiger partial charge in [-0.05, 0) is 57.0 Å². The number of halogens is 3. The van der Waals surface area contributed by atoms with E-state index in [2.05, 4.69) is 5.32 Å². The topological polar surface area (TPSA) is 66.5 Å². The Morgan fingerprint density at radius 2 is 1.62 bits per heavy atom. The third kappa shape index (κ3) is 5.29. The highest BCUT2D eigenvalue weighted by atomic mass is 32.2. The molecule has 0 aliphatic carbocycles. The number of sulfonamides is 1. The molecule has 2 aromatic rings. The van der Waals surface area contributed by atoms with Crippen LogP contribution in [0.25, 0.3) is 0 Å². The highest BCUT2D eigenvalue weighted by Crippen LogP contribution is 2.33. The Labute approximate surface area is 168 Å². The second-order valence-corrected chi connectivity index (χ2v) is 8.91. The molecular weight excluding hydrogens is 405 g/mol. The summed E-state index contributed by atoms with van der Waals surface area (Å²) in [7, 11) is -4.04. The van der Waals surface area contributed by atoms with Crippen LogP contribution in [0.3, 0.4) is 0 Å². The van der Waals surface area contributed by atoms with Crippen LogP contribution in [0, 0.1) is 20.8 Å². The van der Waals surface area contributed by atoms with Gasteiger partial charge in [0.05, 0.1) is 17.5 Å². The lowest BCUT2D eigenvalue weighted by molar-refractivity contribution is -0.137. The molecule has 0 aromatic heterocycles. The predicted octanol–water partition coefficient (Wildman–Crippen LogP) is 4.42. The van der Waals surface area contributed by atoms with Crippen LogP contribution in [0.2, 0.25) is 0 Å². The summed E-state index contributed by atoms with van der Waals surface area (Å²) in [6.45, 7) is 6.85. The normalized spacial score (nSPS) is 13.1. The van der Waals surface area contributed by atoms with Crippen molar-refractivity contribution in [1.82, 2.24) is 0 Å². The highest BCUT2D eigenvalue weighted by Gasteiger charge is 2.34. The summed E-state index contributed by atoms with van der Waals surface area (Å²) in [5.41, 5.74) is 1.92. The molecule has 9 heteroatoms. The molecule has 0 spiro atoms. The Balaban J connectivity index is 2.43. The largest absolute Gasteiger partial charge is 0.416 e. The van der Waals surface area contributed by atoms with Crippen LogP contribution >= 0.6 is 0 Å². The number of benzene rings is 2. The first kappa shape index (κ1) is 22.7. The molecule has 1 atom stereocenters. The first-order valence-corrected chi connectivity index (χ1v) is 10.6. The molecule has 29 heavy (non-hydrogen) atoms. The van der Waals surface area contributed by atoms with E-state index in [1.54, 1.807) is 13.8 Å². The van der Waals surface area contributed by atoms with Crippen LogP contribution in [0.4, 0.5) is 24.5 Å². The number of hydrogen-bond acceptors (Lipinski definition) is 3. The number of carbonyl (C=O) groups is 1. The molecule has 0 radical (unpaired) electrons. The summed E-state index contributed by atoms with van der Waals surface area (Å²) < 4.78 is 64.5. The summed E-state index contributed by atoms with van der Waals surface area (Å²) in [5.74, 6) is -0.650. The van der Waals surface area contributed by atoms with Crippen molar-refractivity contribution >= 4 is 27.3 Å². The zero-order valence-electron chi connectivity index (χ0n) is 16.8. The van der Waals surface area contributed by atoms with Crippen LogP contribution in [-0.2, 0) is 21.0 Å². The van der Waals surface area contributed by atoms with Gasteiger partial charge in [-0.3, -0.25) is 9.10 Å². The van der Waals surface area contributed by atoms with E-state index >= 15 is 0 Å². The molecule has 5 nitrogen and oxygen atoms in total. The average Bonchev–Trinajstić information content (AvgIpc) is 2.56. The third-order valence-corrected chi connectivity index (χ3v) is 5.68. The number of rotatable bonds is 5. The molecule has 1 unspecified atom stereocenters. The van der Waals surface area contributed by atoms with Crippen LogP contribution < -0.4 is 9.62 Å². The van der Waals surface area contributed by atoms with E-state index < -0.39 is 33.7 Å². The first-order valence-electron chi connectivity index (χ1n) is 8.77. The lowest BCUT2D eigenvalue weighted by atomic mass is 10.0. The van der Waals surface area contributed by atoms with E-state index in [1.165, 1.54) is 13.0 Å². The van der Waals surface area contributed by atoms with Gasteiger partial charge < -0.3 is 5.32 Å². The van der Waals surface area contributed by atoms with Crippen molar-refractivity contribution in [3.63, 3.8) is 0 Å². The van der Waals surface area contributed by atoms with Gasteiger partial charge in [-0.1, -0.05) is 23.8 Å². The Bertz CT molecular complexity index is 1010. The van der Waals surface area contributed by atoms with Gasteiger partial charge in [0, 0.05) is 5.69 Å². The van der Waals surface area contributed by atoms with Gasteiger partial charge in [0.25, 0.3) is 0 Å². The van der Waals surface area contributed by atoms with Crippen molar-refractivity contribution in [3.05, 3.63) is 58.7 Å². The Kier molecular flexibility index (Phi) is 6.32. The third-order valence-electron chi connectivity index (χ3n) is 4.44. The number of anilines is 2. The molecule has 0 fully saturated rings. The lowest BCUT2D eigenvalue weighted by Gasteiger charge is -2.29. The van der Waals surface area contributed by atoms with Crippen molar-refractivity contribution in [3.8, 4) is 0 Å². The zero-order chi connectivity index (χ0) is 22.1. The summed E-state index contributed by atoms with van der Waals surface area (Å²) in [4.78, 5) is 12.8. The minimum absolute atomic E-state index is 0.234. The minimum atomic E-state index is -4.64. The minimum Gasteiger partial charge on any atom is -0.324 e. The maximum atomic E-state index is 13.0. The molecule has 158 valence electrons. The van der Waals surface area contributed by atoms with Gasteiger partial charge in [0.1, 0.15) is 6.04 Å². The molecular formula is C20H23F3N2O3S. The van der Waals surface area contributed by atoms with Crippen molar-refractivity contribution < 1.29 is 26.4 Å². The van der Waals surface area contributed by atoms with Gasteiger partial charge >= 0.3 is 6.18 Å². The summed E-state index contributed by atoms with van der Waals surface area (Å²) in [5, 5.41) is 2.71. The SMILES string of the molecule is Cc1cc(C)c(NC(=O)C(C)N(c2cccc(C(F)(F)F)c2)S(C)(=O)=O)c(C)c1. The van der Waals surface area contributed by atoms with Crippen LogP contribution in [-0.4, -0.2) is 26.6 Å². The molecule has 2 rings (SSSR count). The quantitative estimate of drug-likeness (QED) is 0.767. The standard InChI is InChI=1S/C20H23F3N2O3S/c1-12-9-13(2)18(14(3)10-12)24-19(26)15(4)25(29(5,27)28)17-8-6-7-16(11-17)20(21,22)23/h6-11,15H,1-5H3,(H,24,26). The molecule has 0 bridgehead atoms. The summed E-state index contributed by atoms with van der Waals surface area (Å²) in [6.07, 6.45) is -3.79. The smallest absolute Gasteiger partial charge is 0.324 e. The molecule has 1 N–H and O–H groups in total. The van der Waals surface area contributed by atoms with Crippen molar-refractivity contribution in [2.75, 3.05) is 15.9 Å². The van der Waals surface area contributed by atoms with Crippen LogP contribution in [0.1, 0.15) is 29.2 Å². The van der Waals surface area contributed by atoms with E-state index in [9.17, 15) is 26.4 Å². The maximum absolute atomic E-state index is 13.0. The summed E-state index contributed by atoms with van der Waals surface area (Å²) in [6, 6.07) is 6.36. The van der Waals surface area contributed by atoms with E-state index in [-0.39, 0.29) is 5.69 Å². The van der Waals surface area contributed by atoms with E-state index in [1.807, 2.05) is 19.1 Å². The number of amides is 1. The van der Waals surface area contributed by atoms with E-state index in [0.29, 0.717) is 16.1 Å². The maximum Gasteiger partial charge on any atom is 0.416 e. The number of alkyl halides is 3. The summed E-state index contributed by atoms with van der Waals surface area (Å²) >= 11 is 0. The fourth-order valence-corrected chi connectivity index (χ4v) is 4.40. The number of carbonyl (C=O) groups excluding carboxylic acids is 1. The number of aryl methyl sites for hydroxylation is 3. The highest BCUT2D eigenvalue weighted by molar-refractivity contribution is 7.92. The zero-order valence-corrected chi connectivity index (χ0v) is 17.6. The lowest BCUT2D eigenvalue weighted by Crippen LogP contribution is -2.45. The molecule has 2 aromatic carbocycles. The molecule has 0 aliphatic heterocycles. The van der Waals surface area contributed by atoms with E-state index in [4.69, 9.17) is 0 Å². The number of nitrogens with one attached hydrogen (secondary N) is 1. The average molecular weight is 428 g/mol. The molecule has 0 saturated carbocycles. The Morgan fingerprint density at radius 1 is 1.07 bits per heavy atom. The number of nitrogens with zero attached hydrogens (tertiary/aromatic N) is 1. The molecule has 0 aliphatic rings. The van der Waals surface area contributed by atoms with Crippen molar-refractivity contribution in [2.45, 2.75) is 39.9 Å². The first-order chi connectivity index (χ1) is 13.2. The molecule has 1 amide bonds. The van der Waals surface area contributed by atoms with Gasteiger partial charge in [-0.2, -0.15) is 13.2 Å². The Morgan fingerprint density at radius 3 is 2.10 bits per heavy atom. The van der Waals surface area contributed by atoms with Crippen LogP contribution in [0.15, 0.2) is 36.4 Å². The van der Waals surface area contributed by atoms with Crippen molar-refractivity contribution in [1.29, 1.82) is 0 Å². The van der Waals surface area contributed by atoms with Crippen LogP contribution in [0.5, 0.6) is 0 Å². The Hall–Kier alpha value is -2.55. The molecule has 0 saturated heterocycles. The molecule has 0 heterocycles. The van der Waals surface area contributed by atoms with Gasteiger partial charge in [-0.15, -0.1) is 0 Å². The van der Waals surface area contributed by atoms with Gasteiger partial charge in [0.15, 0.2) is 0 Å². The van der Waals surface area contributed by atoms with E-state index in [0.717, 1.165) is 35.1 Å². The van der Waals surface area contributed by atoms with Gasteiger partial charge in [-0.25, -0.2) is 8.42 Å². The van der Waals surface area contributed by atoms with Crippen molar-refractivity contribution in [2.24, 2.45) is 0 Å². The number of hydrogen-bond donors (Lipinski definition) is 1.